The quantitative estimate of drug-likeness (QED) is 0.799. The van der Waals surface area contributed by atoms with Crippen LogP contribution in [0.3, 0.4) is 0 Å². The Morgan fingerprint density at radius 1 is 1.48 bits per heavy atom. The van der Waals surface area contributed by atoms with Gasteiger partial charge in [0, 0.05) is 24.6 Å². The van der Waals surface area contributed by atoms with E-state index in [1.165, 1.54) is 11.3 Å². The topological polar surface area (TPSA) is 81.4 Å². The number of amides is 1. The lowest BCUT2D eigenvalue weighted by molar-refractivity contribution is 0.102. The summed E-state index contributed by atoms with van der Waals surface area (Å²) >= 11 is 1.36. The van der Waals surface area contributed by atoms with Crippen molar-refractivity contribution >= 4 is 28.0 Å². The van der Waals surface area contributed by atoms with E-state index in [0.29, 0.717) is 10.7 Å². The molecule has 1 atom stereocenters. The van der Waals surface area contributed by atoms with Gasteiger partial charge in [-0.3, -0.25) is 10.1 Å². The number of carbonyl (C=O) groups is 1. The minimum Gasteiger partial charge on any atom is -0.371 e. The number of ether oxygens (including phenoxy) is 1. The van der Waals surface area contributed by atoms with Crippen LogP contribution in [-0.2, 0) is 4.74 Å². The van der Waals surface area contributed by atoms with Crippen LogP contribution >= 0.6 is 11.3 Å². The van der Waals surface area contributed by atoms with Crippen LogP contribution in [0.2, 0.25) is 0 Å². The van der Waals surface area contributed by atoms with Gasteiger partial charge in [0.15, 0.2) is 0 Å². The fraction of sp³-hybridized carbons (Fsp3) is 0.333. The summed E-state index contributed by atoms with van der Waals surface area (Å²) in [5.74, 6) is -0.219. The Hall–Kier alpha value is -2.32. The van der Waals surface area contributed by atoms with Crippen LogP contribution in [-0.4, -0.2) is 32.1 Å². The Morgan fingerprint density at radius 3 is 3.22 bits per heavy atom. The van der Waals surface area contributed by atoms with Crippen molar-refractivity contribution in [3.05, 3.63) is 40.8 Å². The zero-order chi connectivity index (χ0) is 15.8. The van der Waals surface area contributed by atoms with Gasteiger partial charge in [0.1, 0.15) is 16.8 Å². The van der Waals surface area contributed by atoms with Crippen molar-refractivity contribution < 1.29 is 9.53 Å². The lowest BCUT2D eigenvalue weighted by Crippen LogP contribution is -2.12. The van der Waals surface area contributed by atoms with Crippen molar-refractivity contribution in [1.29, 1.82) is 0 Å². The molecule has 1 N–H and O–H groups in total. The number of imidazole rings is 1. The molecule has 3 aromatic heterocycles. The highest BCUT2D eigenvalue weighted by molar-refractivity contribution is 7.15. The molecule has 0 aliphatic carbocycles. The highest BCUT2D eigenvalue weighted by Gasteiger charge is 2.22. The molecule has 0 bridgehead atoms. The van der Waals surface area contributed by atoms with Crippen molar-refractivity contribution in [2.24, 2.45) is 0 Å². The van der Waals surface area contributed by atoms with Gasteiger partial charge in [-0.15, -0.1) is 10.2 Å². The van der Waals surface area contributed by atoms with Crippen molar-refractivity contribution in [2.45, 2.75) is 25.9 Å². The minimum absolute atomic E-state index is 0.0161. The average molecular weight is 329 g/mol. The highest BCUT2D eigenvalue weighted by atomic mass is 32.1. The van der Waals surface area contributed by atoms with Gasteiger partial charge in [-0.25, -0.2) is 4.98 Å². The molecule has 1 aliphatic rings. The molecular weight excluding hydrogens is 314 g/mol. The maximum Gasteiger partial charge on any atom is 0.257 e. The first kappa shape index (κ1) is 14.3. The van der Waals surface area contributed by atoms with E-state index < -0.39 is 0 Å². The molecule has 1 amide bonds. The first-order chi connectivity index (χ1) is 11.2. The lowest BCUT2D eigenvalue weighted by atomic mass is 10.2. The third kappa shape index (κ3) is 2.82. The number of fused-ring (bicyclic) bond motifs is 1. The van der Waals surface area contributed by atoms with Gasteiger partial charge < -0.3 is 9.14 Å². The smallest absolute Gasteiger partial charge is 0.257 e. The Bertz CT molecular complexity index is 866. The van der Waals surface area contributed by atoms with Gasteiger partial charge in [-0.1, -0.05) is 11.3 Å². The van der Waals surface area contributed by atoms with E-state index in [1.807, 2.05) is 23.7 Å². The number of hydrogen-bond donors (Lipinski definition) is 1. The third-order valence-electron chi connectivity index (χ3n) is 3.71. The summed E-state index contributed by atoms with van der Waals surface area (Å²) in [6.07, 6.45) is 5.74. The number of anilines is 1. The lowest BCUT2D eigenvalue weighted by Gasteiger charge is -2.03. The molecule has 4 heterocycles. The van der Waals surface area contributed by atoms with Crippen LogP contribution in [0.4, 0.5) is 5.13 Å². The normalized spacial score (nSPS) is 17.7. The minimum atomic E-state index is -0.219. The van der Waals surface area contributed by atoms with Crippen molar-refractivity contribution in [1.82, 2.24) is 19.6 Å². The van der Waals surface area contributed by atoms with E-state index in [4.69, 9.17) is 4.74 Å². The van der Waals surface area contributed by atoms with Crippen LogP contribution in [0, 0.1) is 6.92 Å². The summed E-state index contributed by atoms with van der Waals surface area (Å²) in [5, 5.41) is 12.2. The second-order valence-electron chi connectivity index (χ2n) is 5.46. The standard InChI is InChI=1S/C15H15N5O2S/c1-9-8-20-5-4-10(7-12(20)16-9)13(21)17-15-19-18-14(23-15)11-3-2-6-22-11/h4-5,7-8,11H,2-3,6H2,1H3,(H,17,19,21). The van der Waals surface area contributed by atoms with Crippen LogP contribution in [0.25, 0.3) is 5.65 Å². The first-order valence-electron chi connectivity index (χ1n) is 7.41. The Balaban J connectivity index is 1.51. The van der Waals surface area contributed by atoms with E-state index >= 15 is 0 Å². The average Bonchev–Trinajstić information content (AvgIpc) is 3.25. The summed E-state index contributed by atoms with van der Waals surface area (Å²) in [7, 11) is 0. The zero-order valence-electron chi connectivity index (χ0n) is 12.5. The summed E-state index contributed by atoms with van der Waals surface area (Å²) in [6.45, 7) is 2.68. The number of nitrogens with zero attached hydrogens (tertiary/aromatic N) is 4. The van der Waals surface area contributed by atoms with Crippen molar-refractivity contribution in [2.75, 3.05) is 11.9 Å². The van der Waals surface area contributed by atoms with Crippen LogP contribution in [0.15, 0.2) is 24.5 Å². The SMILES string of the molecule is Cc1cn2ccc(C(=O)Nc3nnc(C4CCCO4)s3)cc2n1. The Labute approximate surface area is 136 Å². The van der Waals surface area contributed by atoms with E-state index in [0.717, 1.165) is 35.8 Å². The Kier molecular flexibility index (Phi) is 3.55. The number of pyridine rings is 1. The molecule has 1 saturated heterocycles. The van der Waals surface area contributed by atoms with Crippen molar-refractivity contribution in [3.8, 4) is 0 Å². The predicted octanol–water partition coefficient (Wildman–Crippen LogP) is 2.60. The van der Waals surface area contributed by atoms with Gasteiger partial charge >= 0.3 is 0 Å². The maximum atomic E-state index is 12.4. The number of rotatable bonds is 3. The van der Waals surface area contributed by atoms with Crippen LogP contribution < -0.4 is 5.32 Å². The first-order valence-corrected chi connectivity index (χ1v) is 8.22. The predicted molar refractivity (Wildman–Crippen MR) is 85.7 cm³/mol. The molecule has 4 rings (SSSR count). The van der Waals surface area contributed by atoms with Gasteiger partial charge in [-0.2, -0.15) is 0 Å². The van der Waals surface area contributed by atoms with E-state index in [-0.39, 0.29) is 12.0 Å². The largest absolute Gasteiger partial charge is 0.371 e. The molecular formula is C15H15N5O2S. The summed E-state index contributed by atoms with van der Waals surface area (Å²) < 4.78 is 7.46. The fourth-order valence-corrected chi connectivity index (χ4v) is 3.43. The number of carbonyl (C=O) groups excluding carboxylic acids is 1. The van der Waals surface area contributed by atoms with Gasteiger partial charge in [0.05, 0.1) is 5.69 Å². The van der Waals surface area contributed by atoms with E-state index in [1.54, 1.807) is 12.1 Å². The second kappa shape index (κ2) is 5.71. The molecule has 1 unspecified atom stereocenters. The molecule has 0 aromatic carbocycles. The monoisotopic (exact) mass is 329 g/mol. The molecule has 8 heteroatoms. The number of aromatic nitrogens is 4. The molecule has 0 spiro atoms. The van der Waals surface area contributed by atoms with Crippen LogP contribution in [0.5, 0.6) is 0 Å². The molecule has 7 nitrogen and oxygen atoms in total. The molecule has 23 heavy (non-hydrogen) atoms. The molecule has 1 aliphatic heterocycles. The zero-order valence-corrected chi connectivity index (χ0v) is 13.3. The molecule has 118 valence electrons. The maximum absolute atomic E-state index is 12.4. The molecule has 0 saturated carbocycles. The second-order valence-corrected chi connectivity index (χ2v) is 6.47. The summed E-state index contributed by atoms with van der Waals surface area (Å²) in [4.78, 5) is 16.7. The van der Waals surface area contributed by atoms with Crippen LogP contribution in [0.1, 0.15) is 40.0 Å². The molecule has 0 radical (unpaired) electrons. The number of aryl methyl sites for hydroxylation is 1. The van der Waals surface area contributed by atoms with Gasteiger partial charge in [0.25, 0.3) is 5.91 Å². The molecule has 3 aromatic rings. The van der Waals surface area contributed by atoms with E-state index in [9.17, 15) is 4.79 Å². The number of hydrogen-bond acceptors (Lipinski definition) is 6. The summed E-state index contributed by atoms with van der Waals surface area (Å²) in [6, 6.07) is 3.51. The highest BCUT2D eigenvalue weighted by Crippen LogP contribution is 2.31. The third-order valence-corrected chi connectivity index (χ3v) is 4.64. The van der Waals surface area contributed by atoms with E-state index in [2.05, 4.69) is 20.5 Å². The van der Waals surface area contributed by atoms with Gasteiger partial charge in [-0.05, 0) is 31.9 Å². The summed E-state index contributed by atoms with van der Waals surface area (Å²) in [5.41, 5.74) is 2.19. The van der Waals surface area contributed by atoms with Crippen molar-refractivity contribution in [3.63, 3.8) is 0 Å². The number of nitrogens with one attached hydrogen (secondary N) is 1. The Morgan fingerprint density at radius 2 is 2.39 bits per heavy atom. The molecule has 1 fully saturated rings. The van der Waals surface area contributed by atoms with Gasteiger partial charge in [0.2, 0.25) is 5.13 Å². The fourth-order valence-electron chi connectivity index (χ4n) is 2.61.